The fraction of sp³-hybridized carbons (Fsp3) is 0.417. The first-order chi connectivity index (χ1) is 8.63. The number of nitrogens with zero attached hydrogens (tertiary/aromatic N) is 1. The van der Waals surface area contributed by atoms with E-state index >= 15 is 0 Å². The van der Waals surface area contributed by atoms with Crippen molar-refractivity contribution in [3.05, 3.63) is 28.8 Å². The van der Waals surface area contributed by atoms with E-state index in [-0.39, 0.29) is 23.3 Å². The van der Waals surface area contributed by atoms with Crippen LogP contribution in [0.3, 0.4) is 0 Å². The second-order valence-corrected chi connectivity index (χ2v) is 4.76. The summed E-state index contributed by atoms with van der Waals surface area (Å²) in [4.78, 5) is 14.0. The standard InChI is InChI=1S/C12H13Cl2NO3/c13-6-8-7-18-4-3-15(8)12(17)10-5-9(16)1-2-11(10)14/h1-2,5,8,16H,3-4,6-7H2. The zero-order chi connectivity index (χ0) is 13.1. The number of ether oxygens (including phenoxy) is 1. The molecule has 2 rings (SSSR count). The van der Waals surface area contributed by atoms with Crippen LogP contribution < -0.4 is 0 Å². The number of phenolic OH excluding ortho intramolecular Hbond substituents is 1. The molecule has 0 aliphatic carbocycles. The molecule has 1 aliphatic rings. The number of carbonyl (C=O) groups is 1. The number of phenols is 1. The van der Waals surface area contributed by atoms with Crippen LogP contribution in [0.25, 0.3) is 0 Å². The molecule has 1 saturated heterocycles. The van der Waals surface area contributed by atoms with Crippen LogP contribution in [0.2, 0.25) is 5.02 Å². The lowest BCUT2D eigenvalue weighted by Crippen LogP contribution is -2.49. The highest BCUT2D eigenvalue weighted by Crippen LogP contribution is 2.24. The minimum atomic E-state index is -0.232. The van der Waals surface area contributed by atoms with Crippen LogP contribution in [-0.4, -0.2) is 47.6 Å². The first-order valence-corrected chi connectivity index (χ1v) is 6.48. The van der Waals surface area contributed by atoms with E-state index in [0.29, 0.717) is 30.7 Å². The normalized spacial score (nSPS) is 19.9. The highest BCUT2D eigenvalue weighted by molar-refractivity contribution is 6.33. The smallest absolute Gasteiger partial charge is 0.255 e. The summed E-state index contributed by atoms with van der Waals surface area (Å²) < 4.78 is 5.28. The Morgan fingerprint density at radius 3 is 3.06 bits per heavy atom. The van der Waals surface area contributed by atoms with E-state index < -0.39 is 0 Å². The maximum atomic E-state index is 12.4. The molecule has 1 N–H and O–H groups in total. The average molecular weight is 290 g/mol. The van der Waals surface area contributed by atoms with Crippen molar-refractivity contribution in [2.45, 2.75) is 6.04 Å². The summed E-state index contributed by atoms with van der Waals surface area (Å²) in [6.45, 7) is 1.38. The molecule has 0 aromatic heterocycles. The van der Waals surface area contributed by atoms with Gasteiger partial charge in [-0.15, -0.1) is 11.6 Å². The Balaban J connectivity index is 2.26. The van der Waals surface area contributed by atoms with Crippen LogP contribution in [0.1, 0.15) is 10.4 Å². The van der Waals surface area contributed by atoms with Gasteiger partial charge in [0, 0.05) is 12.4 Å². The third-order valence-electron chi connectivity index (χ3n) is 2.85. The number of rotatable bonds is 2. The summed E-state index contributed by atoms with van der Waals surface area (Å²) in [6.07, 6.45) is 0. The highest BCUT2D eigenvalue weighted by atomic mass is 35.5. The number of alkyl halides is 1. The van der Waals surface area contributed by atoms with Gasteiger partial charge >= 0.3 is 0 Å². The monoisotopic (exact) mass is 289 g/mol. The van der Waals surface area contributed by atoms with E-state index in [1.165, 1.54) is 18.2 Å². The Labute approximate surface area is 115 Å². The minimum Gasteiger partial charge on any atom is -0.508 e. The highest BCUT2D eigenvalue weighted by Gasteiger charge is 2.28. The first-order valence-electron chi connectivity index (χ1n) is 5.56. The second-order valence-electron chi connectivity index (χ2n) is 4.05. The van der Waals surface area contributed by atoms with Gasteiger partial charge in [-0.3, -0.25) is 4.79 Å². The van der Waals surface area contributed by atoms with E-state index in [2.05, 4.69) is 0 Å². The number of morpholine rings is 1. The molecule has 6 heteroatoms. The van der Waals surface area contributed by atoms with Gasteiger partial charge in [0.2, 0.25) is 0 Å². The predicted molar refractivity (Wildman–Crippen MR) is 69.5 cm³/mol. The second kappa shape index (κ2) is 5.78. The molecule has 1 aliphatic heterocycles. The summed E-state index contributed by atoms with van der Waals surface area (Å²) in [5, 5.41) is 9.74. The number of hydrogen-bond acceptors (Lipinski definition) is 3. The van der Waals surface area contributed by atoms with E-state index in [9.17, 15) is 9.90 Å². The largest absolute Gasteiger partial charge is 0.508 e. The molecule has 4 nitrogen and oxygen atoms in total. The third-order valence-corrected chi connectivity index (χ3v) is 3.53. The summed E-state index contributed by atoms with van der Waals surface area (Å²) in [6, 6.07) is 4.15. The molecule has 0 spiro atoms. The van der Waals surface area contributed by atoms with Crippen molar-refractivity contribution in [1.82, 2.24) is 4.90 Å². The lowest BCUT2D eigenvalue weighted by Gasteiger charge is -2.34. The van der Waals surface area contributed by atoms with Crippen molar-refractivity contribution in [1.29, 1.82) is 0 Å². The van der Waals surface area contributed by atoms with Crippen LogP contribution in [0, 0.1) is 0 Å². The van der Waals surface area contributed by atoms with Crippen molar-refractivity contribution in [3.8, 4) is 5.75 Å². The minimum absolute atomic E-state index is 0.0124. The van der Waals surface area contributed by atoms with E-state index in [1.54, 1.807) is 4.90 Å². The summed E-state index contributed by atoms with van der Waals surface area (Å²) >= 11 is 11.8. The molecule has 1 aromatic carbocycles. The Hall–Kier alpha value is -0.970. The fourth-order valence-corrected chi connectivity index (χ4v) is 2.34. The SMILES string of the molecule is O=C(c1cc(O)ccc1Cl)N1CCOCC1CCl. The molecule has 1 fully saturated rings. The fourth-order valence-electron chi connectivity index (χ4n) is 1.88. The lowest BCUT2D eigenvalue weighted by molar-refractivity contribution is 0.00455. The molecule has 1 aromatic rings. The number of benzene rings is 1. The van der Waals surface area contributed by atoms with Gasteiger partial charge in [-0.25, -0.2) is 0 Å². The van der Waals surface area contributed by atoms with Crippen LogP contribution >= 0.6 is 23.2 Å². The van der Waals surface area contributed by atoms with Gasteiger partial charge in [0.25, 0.3) is 5.91 Å². The summed E-state index contributed by atoms with van der Waals surface area (Å²) in [5.74, 6) is 0.0885. The molecule has 1 heterocycles. The molecule has 0 bridgehead atoms. The third kappa shape index (κ3) is 2.71. The summed E-state index contributed by atoms with van der Waals surface area (Å²) in [7, 11) is 0. The van der Waals surface area contributed by atoms with E-state index in [1.807, 2.05) is 0 Å². The van der Waals surface area contributed by atoms with Crippen LogP contribution in [0.15, 0.2) is 18.2 Å². The van der Waals surface area contributed by atoms with Crippen molar-refractivity contribution in [3.63, 3.8) is 0 Å². The number of amides is 1. The molecular weight excluding hydrogens is 277 g/mol. The van der Waals surface area contributed by atoms with Gasteiger partial charge in [0.1, 0.15) is 5.75 Å². The average Bonchev–Trinajstić information content (AvgIpc) is 2.40. The van der Waals surface area contributed by atoms with Crippen LogP contribution in [0.4, 0.5) is 0 Å². The summed E-state index contributed by atoms with van der Waals surface area (Å²) in [5.41, 5.74) is 0.286. The molecule has 1 atom stereocenters. The van der Waals surface area contributed by atoms with Gasteiger partial charge in [-0.2, -0.15) is 0 Å². The van der Waals surface area contributed by atoms with Crippen molar-refractivity contribution < 1.29 is 14.6 Å². The number of aromatic hydroxyl groups is 1. The molecule has 18 heavy (non-hydrogen) atoms. The predicted octanol–water partition coefficient (Wildman–Crippen LogP) is 2.13. The van der Waals surface area contributed by atoms with Crippen molar-refractivity contribution in [2.75, 3.05) is 25.6 Å². The Bertz CT molecular complexity index is 453. The van der Waals surface area contributed by atoms with Gasteiger partial charge < -0.3 is 14.7 Å². The van der Waals surface area contributed by atoms with Crippen molar-refractivity contribution >= 4 is 29.1 Å². The molecule has 1 unspecified atom stereocenters. The number of hydrogen-bond donors (Lipinski definition) is 1. The Morgan fingerprint density at radius 1 is 1.56 bits per heavy atom. The quantitative estimate of drug-likeness (QED) is 0.849. The number of halogens is 2. The first kappa shape index (κ1) is 13.5. The molecule has 0 saturated carbocycles. The van der Waals surface area contributed by atoms with Gasteiger partial charge in [0.15, 0.2) is 0 Å². The van der Waals surface area contributed by atoms with Crippen LogP contribution in [-0.2, 0) is 4.74 Å². The van der Waals surface area contributed by atoms with Gasteiger partial charge in [-0.05, 0) is 18.2 Å². The van der Waals surface area contributed by atoms with Gasteiger partial charge in [-0.1, -0.05) is 11.6 Å². The zero-order valence-corrected chi connectivity index (χ0v) is 11.1. The topological polar surface area (TPSA) is 49.8 Å². The molecule has 1 amide bonds. The maximum Gasteiger partial charge on any atom is 0.255 e. The maximum absolute atomic E-state index is 12.4. The molecule has 0 radical (unpaired) electrons. The van der Waals surface area contributed by atoms with Gasteiger partial charge in [0.05, 0.1) is 29.8 Å². The van der Waals surface area contributed by atoms with E-state index in [4.69, 9.17) is 27.9 Å². The molecule has 98 valence electrons. The molecular formula is C12H13Cl2NO3. The van der Waals surface area contributed by atoms with Crippen molar-refractivity contribution in [2.24, 2.45) is 0 Å². The zero-order valence-electron chi connectivity index (χ0n) is 9.60. The van der Waals surface area contributed by atoms with Crippen LogP contribution in [0.5, 0.6) is 5.75 Å². The Kier molecular flexibility index (Phi) is 4.32. The number of carbonyl (C=O) groups excluding carboxylic acids is 1. The van der Waals surface area contributed by atoms with E-state index in [0.717, 1.165) is 0 Å². The Morgan fingerprint density at radius 2 is 2.33 bits per heavy atom. The lowest BCUT2D eigenvalue weighted by atomic mass is 10.1.